The van der Waals surface area contributed by atoms with Gasteiger partial charge in [0.25, 0.3) is 11.6 Å². The number of carbonyl (C=O) groups is 1. The summed E-state index contributed by atoms with van der Waals surface area (Å²) in [6.07, 6.45) is 3.89. The van der Waals surface area contributed by atoms with Gasteiger partial charge in [0, 0.05) is 18.2 Å². The van der Waals surface area contributed by atoms with Gasteiger partial charge in [0.15, 0.2) is 0 Å². The number of nitro groups is 1. The first-order valence-corrected chi connectivity index (χ1v) is 7.14. The van der Waals surface area contributed by atoms with Crippen LogP contribution in [0.5, 0.6) is 0 Å². The number of hydrogen-bond donors (Lipinski definition) is 1. The first-order chi connectivity index (χ1) is 9.88. The van der Waals surface area contributed by atoms with E-state index in [1.807, 2.05) is 0 Å². The minimum atomic E-state index is -0.693. The lowest BCUT2D eigenvalue weighted by atomic mass is 9.87. The zero-order chi connectivity index (χ0) is 15.6. The van der Waals surface area contributed by atoms with Crippen LogP contribution in [0.15, 0.2) is 12.1 Å². The van der Waals surface area contributed by atoms with E-state index in [0.717, 1.165) is 37.8 Å². The summed E-state index contributed by atoms with van der Waals surface area (Å²) in [4.78, 5) is 22.4. The van der Waals surface area contributed by atoms with Gasteiger partial charge in [-0.2, -0.15) is 0 Å². The van der Waals surface area contributed by atoms with Crippen molar-refractivity contribution < 1.29 is 14.1 Å². The van der Waals surface area contributed by atoms with E-state index >= 15 is 0 Å². The predicted molar refractivity (Wildman–Crippen MR) is 76.7 cm³/mol. The van der Waals surface area contributed by atoms with Crippen molar-refractivity contribution in [3.63, 3.8) is 0 Å². The number of halogens is 1. The number of benzene rings is 1. The fourth-order valence-corrected chi connectivity index (χ4v) is 2.85. The molecule has 2 atom stereocenters. The van der Waals surface area contributed by atoms with Gasteiger partial charge in [0.1, 0.15) is 5.82 Å². The Labute approximate surface area is 122 Å². The Bertz CT molecular complexity index is 574. The van der Waals surface area contributed by atoms with Crippen molar-refractivity contribution in [1.82, 2.24) is 5.32 Å². The van der Waals surface area contributed by atoms with Crippen LogP contribution in [0.4, 0.5) is 10.1 Å². The first-order valence-electron chi connectivity index (χ1n) is 7.14. The van der Waals surface area contributed by atoms with Gasteiger partial charge >= 0.3 is 0 Å². The van der Waals surface area contributed by atoms with Crippen LogP contribution in [-0.2, 0) is 0 Å². The summed E-state index contributed by atoms with van der Waals surface area (Å²) < 4.78 is 14.0. The minimum absolute atomic E-state index is 0.0141. The highest BCUT2D eigenvalue weighted by molar-refractivity contribution is 5.95. The van der Waals surface area contributed by atoms with Gasteiger partial charge in [-0.1, -0.05) is 19.8 Å². The van der Waals surface area contributed by atoms with E-state index in [1.54, 1.807) is 0 Å². The van der Waals surface area contributed by atoms with Crippen molar-refractivity contribution in [1.29, 1.82) is 0 Å². The largest absolute Gasteiger partial charge is 0.349 e. The van der Waals surface area contributed by atoms with E-state index in [9.17, 15) is 19.3 Å². The van der Waals surface area contributed by atoms with Crippen molar-refractivity contribution in [2.75, 3.05) is 0 Å². The second-order valence-corrected chi connectivity index (χ2v) is 5.82. The summed E-state index contributed by atoms with van der Waals surface area (Å²) in [5.41, 5.74) is -0.414. The number of carbonyl (C=O) groups excluding carboxylic acids is 1. The Morgan fingerprint density at radius 2 is 2.14 bits per heavy atom. The summed E-state index contributed by atoms with van der Waals surface area (Å²) >= 11 is 0. The van der Waals surface area contributed by atoms with Crippen molar-refractivity contribution in [2.24, 2.45) is 5.92 Å². The summed E-state index contributed by atoms with van der Waals surface area (Å²) in [7, 11) is 0. The molecular weight excluding hydrogens is 275 g/mol. The highest BCUT2D eigenvalue weighted by Crippen LogP contribution is 2.25. The number of amides is 1. The van der Waals surface area contributed by atoms with E-state index in [1.165, 1.54) is 6.92 Å². The van der Waals surface area contributed by atoms with Gasteiger partial charge < -0.3 is 5.32 Å². The molecule has 0 heterocycles. The third kappa shape index (κ3) is 3.56. The molecule has 0 spiro atoms. The molecule has 2 rings (SSSR count). The first kappa shape index (κ1) is 15.4. The topological polar surface area (TPSA) is 72.2 Å². The van der Waals surface area contributed by atoms with Crippen LogP contribution in [0, 0.1) is 28.8 Å². The second-order valence-electron chi connectivity index (χ2n) is 5.82. The zero-order valence-electron chi connectivity index (χ0n) is 12.2. The Balaban J connectivity index is 2.20. The highest BCUT2D eigenvalue weighted by atomic mass is 19.1. The van der Waals surface area contributed by atoms with Crippen LogP contribution in [0.1, 0.15) is 48.5 Å². The monoisotopic (exact) mass is 294 g/mol. The predicted octanol–water partition coefficient (Wildman–Crippen LogP) is 3.35. The average Bonchev–Trinajstić information content (AvgIpc) is 2.41. The molecule has 0 radical (unpaired) electrons. The van der Waals surface area contributed by atoms with Crippen molar-refractivity contribution in [2.45, 2.75) is 45.6 Å². The van der Waals surface area contributed by atoms with Gasteiger partial charge in [0.2, 0.25) is 0 Å². The van der Waals surface area contributed by atoms with Crippen LogP contribution in [0.2, 0.25) is 0 Å². The van der Waals surface area contributed by atoms with Crippen LogP contribution < -0.4 is 5.32 Å². The van der Waals surface area contributed by atoms with Crippen molar-refractivity contribution in [3.05, 3.63) is 39.2 Å². The molecule has 0 bridgehead atoms. The van der Waals surface area contributed by atoms with Gasteiger partial charge in [0.05, 0.1) is 10.5 Å². The van der Waals surface area contributed by atoms with Crippen LogP contribution >= 0.6 is 0 Å². The minimum Gasteiger partial charge on any atom is -0.349 e. The lowest BCUT2D eigenvalue weighted by Crippen LogP contribution is -2.38. The van der Waals surface area contributed by atoms with Gasteiger partial charge in [-0.3, -0.25) is 14.9 Å². The number of non-ortho nitro benzene ring substituents is 1. The molecule has 114 valence electrons. The fourth-order valence-electron chi connectivity index (χ4n) is 2.85. The van der Waals surface area contributed by atoms with Crippen molar-refractivity contribution in [3.8, 4) is 0 Å². The third-order valence-electron chi connectivity index (χ3n) is 3.97. The van der Waals surface area contributed by atoms with E-state index in [4.69, 9.17) is 0 Å². The fraction of sp³-hybridized carbons (Fsp3) is 0.533. The summed E-state index contributed by atoms with van der Waals surface area (Å²) in [6, 6.07) is 2.15. The quantitative estimate of drug-likeness (QED) is 0.686. The lowest BCUT2D eigenvalue weighted by molar-refractivity contribution is -0.385. The molecule has 6 heteroatoms. The third-order valence-corrected chi connectivity index (χ3v) is 3.97. The van der Waals surface area contributed by atoms with E-state index in [0.29, 0.717) is 5.92 Å². The number of nitrogens with zero attached hydrogens (tertiary/aromatic N) is 1. The van der Waals surface area contributed by atoms with Crippen LogP contribution in [0.3, 0.4) is 0 Å². The molecule has 1 aromatic rings. The lowest BCUT2D eigenvalue weighted by Gasteiger charge is -2.27. The standard InChI is InChI=1S/C15H19FN2O3/c1-9-4-3-5-11(6-9)17-15(19)13-8-12(18(20)21)7-10(2)14(13)16/h7-9,11H,3-6H2,1-2H3,(H,17,19). The normalized spacial score (nSPS) is 21.9. The molecule has 1 aliphatic rings. The molecular formula is C15H19FN2O3. The number of rotatable bonds is 3. The summed E-state index contributed by atoms with van der Waals surface area (Å²) in [5.74, 6) is -0.735. The zero-order valence-corrected chi connectivity index (χ0v) is 12.2. The SMILES string of the molecule is Cc1cc([N+](=O)[O-])cc(C(=O)NC2CCCC(C)C2)c1F. The molecule has 1 N–H and O–H groups in total. The average molecular weight is 294 g/mol. The molecule has 2 unspecified atom stereocenters. The molecule has 0 aliphatic heterocycles. The number of nitro benzene ring substituents is 1. The van der Waals surface area contributed by atoms with Crippen LogP contribution in [-0.4, -0.2) is 16.9 Å². The summed E-state index contributed by atoms with van der Waals surface area (Å²) in [6.45, 7) is 3.54. The number of hydrogen-bond acceptors (Lipinski definition) is 3. The Morgan fingerprint density at radius 1 is 1.43 bits per heavy atom. The van der Waals surface area contributed by atoms with E-state index in [-0.39, 0.29) is 22.9 Å². The molecule has 1 aromatic carbocycles. The Morgan fingerprint density at radius 3 is 2.76 bits per heavy atom. The Hall–Kier alpha value is -1.98. The molecule has 1 amide bonds. The summed E-state index contributed by atoms with van der Waals surface area (Å²) in [5, 5.41) is 13.6. The molecule has 1 aliphatic carbocycles. The maximum Gasteiger partial charge on any atom is 0.270 e. The molecule has 0 saturated heterocycles. The van der Waals surface area contributed by atoms with E-state index in [2.05, 4.69) is 12.2 Å². The van der Waals surface area contributed by atoms with E-state index < -0.39 is 16.6 Å². The maximum absolute atomic E-state index is 14.0. The molecule has 5 nitrogen and oxygen atoms in total. The smallest absolute Gasteiger partial charge is 0.270 e. The number of aryl methyl sites for hydroxylation is 1. The Kier molecular flexibility index (Phi) is 4.55. The van der Waals surface area contributed by atoms with Gasteiger partial charge in [-0.05, 0) is 31.2 Å². The second kappa shape index (κ2) is 6.20. The maximum atomic E-state index is 14.0. The highest BCUT2D eigenvalue weighted by Gasteiger charge is 2.24. The molecule has 1 saturated carbocycles. The molecule has 0 aromatic heterocycles. The van der Waals surface area contributed by atoms with Crippen molar-refractivity contribution >= 4 is 11.6 Å². The molecule has 21 heavy (non-hydrogen) atoms. The molecule has 1 fully saturated rings. The van der Waals surface area contributed by atoms with Gasteiger partial charge in [-0.15, -0.1) is 0 Å². The van der Waals surface area contributed by atoms with Gasteiger partial charge in [-0.25, -0.2) is 4.39 Å². The number of nitrogens with one attached hydrogen (secondary N) is 1. The van der Waals surface area contributed by atoms with Crippen LogP contribution in [0.25, 0.3) is 0 Å².